The molecule has 0 saturated heterocycles. The van der Waals surface area contributed by atoms with Gasteiger partial charge in [0.05, 0.1) is 16.6 Å². The second kappa shape index (κ2) is 6.48. The van der Waals surface area contributed by atoms with Crippen LogP contribution in [-0.2, 0) is 24.8 Å². The van der Waals surface area contributed by atoms with Gasteiger partial charge in [-0.05, 0) is 36.7 Å². The fraction of sp³-hybridized carbons (Fsp3) is 0.400. The van der Waals surface area contributed by atoms with Crippen molar-refractivity contribution in [2.75, 3.05) is 5.32 Å². The van der Waals surface area contributed by atoms with E-state index in [-0.39, 0.29) is 23.4 Å². The van der Waals surface area contributed by atoms with Gasteiger partial charge in [-0.2, -0.15) is 5.10 Å². The molecule has 1 N–H and O–H groups in total. The van der Waals surface area contributed by atoms with Gasteiger partial charge in [0, 0.05) is 37.2 Å². The van der Waals surface area contributed by atoms with Crippen molar-refractivity contribution in [3.8, 4) is 0 Å². The second-order valence-electron chi connectivity index (χ2n) is 5.18. The van der Waals surface area contributed by atoms with Gasteiger partial charge in [0.25, 0.3) is 0 Å². The molecule has 0 fully saturated rings. The number of pyridine rings is 1. The van der Waals surface area contributed by atoms with Crippen LogP contribution in [0.5, 0.6) is 0 Å². The van der Waals surface area contributed by atoms with Crippen LogP contribution in [0.4, 0.5) is 5.69 Å². The van der Waals surface area contributed by atoms with Crippen molar-refractivity contribution >= 4 is 27.5 Å². The lowest BCUT2D eigenvalue weighted by molar-refractivity contribution is -0.115. The summed E-state index contributed by atoms with van der Waals surface area (Å²) in [6, 6.07) is 0. The molecule has 0 radical (unpaired) electrons. The first-order valence-corrected chi connectivity index (χ1v) is 7.81. The third-order valence-electron chi connectivity index (χ3n) is 3.67. The molecule has 0 saturated carbocycles. The highest BCUT2D eigenvalue weighted by Gasteiger charge is 2.15. The van der Waals surface area contributed by atoms with E-state index in [1.807, 2.05) is 32.4 Å². The van der Waals surface area contributed by atoms with E-state index in [4.69, 9.17) is 0 Å². The van der Waals surface area contributed by atoms with Crippen LogP contribution >= 0.6 is 15.9 Å². The van der Waals surface area contributed by atoms with Crippen molar-refractivity contribution in [1.82, 2.24) is 14.3 Å². The summed E-state index contributed by atoms with van der Waals surface area (Å²) >= 11 is 3.22. The molecule has 118 valence electrons. The number of carbonyl (C=O) groups excluding carboxylic acids is 1. The Morgan fingerprint density at radius 3 is 2.59 bits per heavy atom. The Bertz CT molecular complexity index is 777. The average Bonchev–Trinajstić information content (AvgIpc) is 2.70. The lowest BCUT2D eigenvalue weighted by Gasteiger charge is -2.09. The number of halogens is 1. The zero-order valence-electron chi connectivity index (χ0n) is 13.1. The van der Waals surface area contributed by atoms with Crippen LogP contribution in [-0.4, -0.2) is 20.3 Å². The minimum atomic E-state index is -0.225. The number of amides is 1. The fourth-order valence-electron chi connectivity index (χ4n) is 2.29. The Labute approximate surface area is 137 Å². The maximum Gasteiger partial charge on any atom is 0.229 e. The van der Waals surface area contributed by atoms with Crippen molar-refractivity contribution in [2.24, 2.45) is 7.05 Å². The number of hydrogen-bond donors (Lipinski definition) is 1. The van der Waals surface area contributed by atoms with Crippen LogP contribution in [0.2, 0.25) is 0 Å². The molecule has 0 unspecified atom stereocenters. The molecule has 2 rings (SSSR count). The van der Waals surface area contributed by atoms with E-state index in [1.165, 1.54) is 0 Å². The third kappa shape index (κ3) is 3.30. The molecule has 0 aliphatic carbocycles. The third-order valence-corrected chi connectivity index (χ3v) is 4.24. The Morgan fingerprint density at radius 2 is 2.05 bits per heavy atom. The Hall–Kier alpha value is -1.89. The van der Waals surface area contributed by atoms with Crippen molar-refractivity contribution in [2.45, 2.75) is 33.7 Å². The van der Waals surface area contributed by atoms with Gasteiger partial charge in [-0.25, -0.2) is 0 Å². The maximum atomic E-state index is 12.2. The molecule has 0 bridgehead atoms. The molecule has 0 aromatic carbocycles. The van der Waals surface area contributed by atoms with Gasteiger partial charge in [0.2, 0.25) is 11.3 Å². The first kappa shape index (κ1) is 16.5. The van der Waals surface area contributed by atoms with Crippen LogP contribution < -0.4 is 10.7 Å². The summed E-state index contributed by atoms with van der Waals surface area (Å²) in [5.74, 6) is -0.225. The second-order valence-corrected chi connectivity index (χ2v) is 6.03. The maximum absolute atomic E-state index is 12.2. The normalized spacial score (nSPS) is 10.8. The lowest BCUT2D eigenvalue weighted by Crippen LogP contribution is -2.22. The van der Waals surface area contributed by atoms with E-state index < -0.39 is 0 Å². The van der Waals surface area contributed by atoms with Crippen molar-refractivity contribution < 1.29 is 4.79 Å². The van der Waals surface area contributed by atoms with Gasteiger partial charge in [0.1, 0.15) is 5.69 Å². The summed E-state index contributed by atoms with van der Waals surface area (Å²) < 4.78 is 4.02. The number of aromatic nitrogens is 3. The molecule has 1 amide bonds. The van der Waals surface area contributed by atoms with E-state index in [0.717, 1.165) is 17.0 Å². The first-order valence-electron chi connectivity index (χ1n) is 7.02. The number of nitrogens with zero attached hydrogens (tertiary/aromatic N) is 3. The molecule has 0 aliphatic heterocycles. The Balaban J connectivity index is 2.23. The van der Waals surface area contributed by atoms with E-state index in [2.05, 4.69) is 26.3 Å². The van der Waals surface area contributed by atoms with Gasteiger partial charge in [-0.3, -0.25) is 14.3 Å². The van der Waals surface area contributed by atoms with Crippen LogP contribution in [0.15, 0.2) is 21.7 Å². The molecule has 22 heavy (non-hydrogen) atoms. The molecular weight excluding hydrogens is 348 g/mol. The largest absolute Gasteiger partial charge is 0.351 e. The fourth-order valence-corrected chi connectivity index (χ4v) is 2.77. The lowest BCUT2D eigenvalue weighted by atomic mass is 10.1. The molecule has 7 heteroatoms. The van der Waals surface area contributed by atoms with Gasteiger partial charge >= 0.3 is 0 Å². The van der Waals surface area contributed by atoms with E-state index >= 15 is 0 Å². The van der Waals surface area contributed by atoms with E-state index in [9.17, 15) is 9.59 Å². The molecular formula is C15H19BrN4O2. The molecule has 6 nitrogen and oxygen atoms in total. The Kier molecular flexibility index (Phi) is 4.85. The summed E-state index contributed by atoms with van der Waals surface area (Å²) in [5.41, 5.74) is 2.73. The van der Waals surface area contributed by atoms with E-state index in [0.29, 0.717) is 11.0 Å². The van der Waals surface area contributed by atoms with Crippen LogP contribution in [0.3, 0.4) is 0 Å². The van der Waals surface area contributed by atoms with Crippen molar-refractivity contribution in [3.05, 3.63) is 44.0 Å². The SMILES string of the molecule is CCn1cc(Br)c(=O)c(NC(=O)Cc2c(C)nn(C)c2C)c1. The highest BCUT2D eigenvalue weighted by Crippen LogP contribution is 2.14. The number of hydrogen-bond acceptors (Lipinski definition) is 3. The molecule has 2 heterocycles. The molecule has 2 aromatic rings. The standard InChI is InChI=1S/C15H19BrN4O2/c1-5-20-7-12(16)15(22)13(8-20)17-14(21)6-11-9(2)18-19(4)10(11)3/h7-8H,5-6H2,1-4H3,(H,17,21). The predicted molar refractivity (Wildman–Crippen MR) is 89.1 cm³/mol. The van der Waals surface area contributed by atoms with Gasteiger partial charge in [-0.15, -0.1) is 0 Å². The first-order chi connectivity index (χ1) is 10.3. The minimum absolute atomic E-state index is 0.198. The number of carbonyl (C=O) groups is 1. The highest BCUT2D eigenvalue weighted by atomic mass is 79.9. The average molecular weight is 367 g/mol. The summed E-state index contributed by atoms with van der Waals surface area (Å²) in [4.78, 5) is 24.3. The Morgan fingerprint density at radius 1 is 1.36 bits per heavy atom. The van der Waals surface area contributed by atoms with Crippen LogP contribution in [0.25, 0.3) is 0 Å². The smallest absolute Gasteiger partial charge is 0.229 e. The summed E-state index contributed by atoms with van der Waals surface area (Å²) in [6.45, 7) is 6.47. The quantitative estimate of drug-likeness (QED) is 0.901. The van der Waals surface area contributed by atoms with Crippen LogP contribution in [0.1, 0.15) is 23.9 Å². The van der Waals surface area contributed by atoms with Gasteiger partial charge < -0.3 is 9.88 Å². The summed E-state index contributed by atoms with van der Waals surface area (Å²) in [5, 5.41) is 6.99. The minimum Gasteiger partial charge on any atom is -0.351 e. The predicted octanol–water partition coefficient (Wildman–Crippen LogP) is 2.16. The number of anilines is 1. The molecule has 2 aromatic heterocycles. The summed E-state index contributed by atoms with van der Waals surface area (Å²) in [7, 11) is 1.85. The number of nitrogens with one attached hydrogen (secondary N) is 1. The highest BCUT2D eigenvalue weighted by molar-refractivity contribution is 9.10. The van der Waals surface area contributed by atoms with Crippen molar-refractivity contribution in [3.63, 3.8) is 0 Å². The summed E-state index contributed by atoms with van der Waals surface area (Å²) in [6.07, 6.45) is 3.55. The van der Waals surface area contributed by atoms with Crippen molar-refractivity contribution in [1.29, 1.82) is 0 Å². The number of aryl methyl sites for hydroxylation is 3. The van der Waals surface area contributed by atoms with Crippen LogP contribution in [0, 0.1) is 13.8 Å². The number of rotatable bonds is 4. The molecule has 0 atom stereocenters. The van der Waals surface area contributed by atoms with Gasteiger partial charge in [0.15, 0.2) is 0 Å². The molecule has 0 aliphatic rings. The zero-order valence-corrected chi connectivity index (χ0v) is 14.7. The zero-order chi connectivity index (χ0) is 16.4. The van der Waals surface area contributed by atoms with E-state index in [1.54, 1.807) is 17.1 Å². The monoisotopic (exact) mass is 366 g/mol. The molecule has 0 spiro atoms. The topological polar surface area (TPSA) is 68.9 Å². The van der Waals surface area contributed by atoms with Gasteiger partial charge in [-0.1, -0.05) is 0 Å².